The molecule has 9 N–H and O–H groups in total. The Labute approximate surface area is 204 Å². The molecule has 0 saturated heterocycles. The summed E-state index contributed by atoms with van der Waals surface area (Å²) in [5.74, 6) is -6.86. The Kier molecular flexibility index (Phi) is 9.92. The maximum atomic E-state index is 12.7. The zero-order valence-corrected chi connectivity index (χ0v) is 19.0. The van der Waals surface area contributed by atoms with Crippen molar-refractivity contribution in [3.63, 3.8) is 0 Å². The van der Waals surface area contributed by atoms with Gasteiger partial charge in [-0.1, -0.05) is 18.2 Å². The van der Waals surface area contributed by atoms with Crippen molar-refractivity contribution >= 4 is 46.5 Å². The molecule has 3 unspecified atom stereocenters. The number of amides is 3. The first-order chi connectivity index (χ1) is 17.0. The predicted molar refractivity (Wildman–Crippen MR) is 124 cm³/mol. The lowest BCUT2D eigenvalue weighted by molar-refractivity contribution is -0.147. The summed E-state index contributed by atoms with van der Waals surface area (Å²) in [6, 6.07) is 3.25. The van der Waals surface area contributed by atoms with E-state index >= 15 is 0 Å². The van der Waals surface area contributed by atoms with Gasteiger partial charge in [-0.2, -0.15) is 0 Å². The van der Waals surface area contributed by atoms with Crippen LogP contribution in [0.15, 0.2) is 30.5 Å². The average molecular weight is 505 g/mol. The quantitative estimate of drug-likeness (QED) is 0.148. The summed E-state index contributed by atoms with van der Waals surface area (Å²) in [5, 5.41) is 34.0. The highest BCUT2D eigenvalue weighted by atomic mass is 16.4. The summed E-state index contributed by atoms with van der Waals surface area (Å²) < 4.78 is 0. The van der Waals surface area contributed by atoms with E-state index in [4.69, 9.17) is 21.1 Å². The van der Waals surface area contributed by atoms with Gasteiger partial charge in [0.25, 0.3) is 0 Å². The van der Waals surface area contributed by atoms with Crippen LogP contribution in [-0.4, -0.2) is 80.6 Å². The van der Waals surface area contributed by atoms with E-state index in [1.54, 1.807) is 6.20 Å². The molecule has 0 aliphatic rings. The Hall–Kier alpha value is -4.46. The number of rotatable bonds is 14. The fraction of sp³-hybridized carbons (Fsp3) is 0.364. The van der Waals surface area contributed by atoms with Crippen molar-refractivity contribution in [1.82, 2.24) is 20.9 Å². The van der Waals surface area contributed by atoms with Gasteiger partial charge >= 0.3 is 17.9 Å². The molecule has 0 aliphatic carbocycles. The van der Waals surface area contributed by atoms with E-state index in [0.29, 0.717) is 0 Å². The lowest BCUT2D eigenvalue weighted by Gasteiger charge is -2.20. The fourth-order valence-corrected chi connectivity index (χ4v) is 3.36. The summed E-state index contributed by atoms with van der Waals surface area (Å²) in [6.07, 6.45) is 0.194. The Bertz CT molecular complexity index is 1150. The number of para-hydroxylation sites is 1. The van der Waals surface area contributed by atoms with Gasteiger partial charge in [0, 0.05) is 23.5 Å². The Balaban J connectivity index is 1.98. The number of fused-ring (bicyclic) bond motifs is 1. The molecule has 3 atom stereocenters. The number of aromatic amines is 1. The van der Waals surface area contributed by atoms with Gasteiger partial charge in [-0.3, -0.25) is 24.0 Å². The first-order valence-electron chi connectivity index (χ1n) is 10.8. The maximum Gasteiger partial charge on any atom is 0.326 e. The molecule has 0 bridgehead atoms. The second kappa shape index (κ2) is 12.9. The van der Waals surface area contributed by atoms with Crippen LogP contribution in [-0.2, 0) is 35.2 Å². The molecule has 1 aromatic heterocycles. The van der Waals surface area contributed by atoms with Gasteiger partial charge in [0.2, 0.25) is 17.7 Å². The second-order valence-corrected chi connectivity index (χ2v) is 7.94. The number of H-pyrrole nitrogens is 1. The van der Waals surface area contributed by atoms with E-state index in [-0.39, 0.29) is 12.8 Å². The molecule has 14 heteroatoms. The van der Waals surface area contributed by atoms with Gasteiger partial charge in [-0.05, 0) is 24.5 Å². The van der Waals surface area contributed by atoms with Crippen LogP contribution in [0.25, 0.3) is 10.9 Å². The standard InChI is InChI=1S/C22H27N5O9/c23-13(7-11-9-24-14-4-2-1-3-12(11)14)20(33)27-15(5-6-18(29)30)21(34)25-10-17(28)26-16(22(35)36)8-19(31)32/h1-4,9,13,15-16,24H,5-8,10,23H2,(H,25,34)(H,26,28)(H,27,33)(H,29,30)(H,31,32)(H,35,36). The Morgan fingerprint density at radius 2 is 1.61 bits per heavy atom. The third-order valence-corrected chi connectivity index (χ3v) is 5.17. The van der Waals surface area contributed by atoms with Gasteiger partial charge in [0.1, 0.15) is 12.1 Å². The molecule has 1 heterocycles. The minimum atomic E-state index is -1.71. The number of aliphatic carboxylic acids is 3. The minimum Gasteiger partial charge on any atom is -0.481 e. The van der Waals surface area contributed by atoms with E-state index < -0.39 is 73.1 Å². The van der Waals surface area contributed by atoms with Gasteiger partial charge in [0.15, 0.2) is 0 Å². The zero-order valence-electron chi connectivity index (χ0n) is 19.0. The van der Waals surface area contributed by atoms with Crippen LogP contribution in [0.2, 0.25) is 0 Å². The smallest absolute Gasteiger partial charge is 0.326 e. The highest BCUT2D eigenvalue weighted by molar-refractivity contribution is 5.93. The first-order valence-corrected chi connectivity index (χ1v) is 10.8. The SMILES string of the molecule is NC(Cc1c[nH]c2ccccc12)C(=O)NC(CCC(=O)O)C(=O)NCC(=O)NC(CC(=O)O)C(=O)O. The molecular formula is C22H27N5O9. The molecule has 1 aromatic carbocycles. The largest absolute Gasteiger partial charge is 0.481 e. The number of hydrogen-bond donors (Lipinski definition) is 8. The molecule has 0 aliphatic heterocycles. The zero-order chi connectivity index (χ0) is 26.8. The van der Waals surface area contributed by atoms with Gasteiger partial charge < -0.3 is 42.0 Å². The molecule has 2 aromatic rings. The number of benzene rings is 1. The van der Waals surface area contributed by atoms with Crippen molar-refractivity contribution < 1.29 is 44.1 Å². The molecular weight excluding hydrogens is 478 g/mol. The van der Waals surface area contributed by atoms with Crippen LogP contribution in [0.5, 0.6) is 0 Å². The van der Waals surface area contributed by atoms with Crippen molar-refractivity contribution in [3.05, 3.63) is 36.0 Å². The van der Waals surface area contributed by atoms with Crippen molar-refractivity contribution in [3.8, 4) is 0 Å². The summed E-state index contributed by atoms with van der Waals surface area (Å²) in [4.78, 5) is 73.0. The fourth-order valence-electron chi connectivity index (χ4n) is 3.36. The van der Waals surface area contributed by atoms with Crippen LogP contribution in [0, 0.1) is 0 Å². The van der Waals surface area contributed by atoms with Crippen LogP contribution in [0.1, 0.15) is 24.8 Å². The molecule has 0 fully saturated rings. The van der Waals surface area contributed by atoms with Crippen molar-refractivity contribution in [2.75, 3.05) is 6.54 Å². The Morgan fingerprint density at radius 3 is 2.25 bits per heavy atom. The lowest BCUT2D eigenvalue weighted by Crippen LogP contribution is -2.54. The second-order valence-electron chi connectivity index (χ2n) is 7.94. The number of carbonyl (C=O) groups is 6. The minimum absolute atomic E-state index is 0.131. The molecule has 2 rings (SSSR count). The number of hydrogen-bond acceptors (Lipinski definition) is 7. The van der Waals surface area contributed by atoms with Gasteiger partial charge in [-0.15, -0.1) is 0 Å². The number of carboxylic acids is 3. The number of carboxylic acid groups (broad SMARTS) is 3. The van der Waals surface area contributed by atoms with Crippen LogP contribution < -0.4 is 21.7 Å². The molecule has 0 radical (unpaired) electrons. The highest BCUT2D eigenvalue weighted by Gasteiger charge is 2.27. The topological polar surface area (TPSA) is 241 Å². The van der Waals surface area contributed by atoms with Crippen molar-refractivity contribution in [2.45, 2.75) is 43.8 Å². The molecule has 14 nitrogen and oxygen atoms in total. The summed E-state index contributed by atoms with van der Waals surface area (Å²) >= 11 is 0. The molecule has 0 saturated carbocycles. The molecule has 3 amide bonds. The molecule has 194 valence electrons. The normalized spacial score (nSPS) is 13.2. The monoisotopic (exact) mass is 505 g/mol. The van der Waals surface area contributed by atoms with Crippen molar-refractivity contribution in [1.29, 1.82) is 0 Å². The molecule has 36 heavy (non-hydrogen) atoms. The Morgan fingerprint density at radius 1 is 0.917 bits per heavy atom. The maximum absolute atomic E-state index is 12.7. The van der Waals surface area contributed by atoms with Gasteiger partial charge in [-0.25, -0.2) is 4.79 Å². The van der Waals surface area contributed by atoms with Gasteiger partial charge in [0.05, 0.1) is 19.0 Å². The average Bonchev–Trinajstić information content (AvgIpc) is 3.21. The van der Waals surface area contributed by atoms with E-state index in [1.165, 1.54) is 0 Å². The third kappa shape index (κ3) is 8.39. The number of nitrogens with one attached hydrogen (secondary N) is 4. The number of aromatic nitrogens is 1. The van der Waals surface area contributed by atoms with E-state index in [9.17, 15) is 28.8 Å². The van der Waals surface area contributed by atoms with Crippen LogP contribution in [0.3, 0.4) is 0 Å². The summed E-state index contributed by atoms with van der Waals surface area (Å²) in [7, 11) is 0. The predicted octanol–water partition coefficient (Wildman–Crippen LogP) is -1.45. The number of nitrogens with two attached hydrogens (primary N) is 1. The molecule has 0 spiro atoms. The number of carbonyl (C=O) groups excluding carboxylic acids is 3. The van der Waals surface area contributed by atoms with E-state index in [2.05, 4.69) is 15.6 Å². The summed E-state index contributed by atoms with van der Waals surface area (Å²) in [6.45, 7) is -0.733. The third-order valence-electron chi connectivity index (χ3n) is 5.17. The highest BCUT2D eigenvalue weighted by Crippen LogP contribution is 2.18. The van der Waals surface area contributed by atoms with Crippen molar-refractivity contribution in [2.24, 2.45) is 5.73 Å². The summed E-state index contributed by atoms with van der Waals surface area (Å²) in [5.41, 5.74) is 7.63. The first kappa shape index (κ1) is 27.8. The van der Waals surface area contributed by atoms with Crippen LogP contribution >= 0.6 is 0 Å². The van der Waals surface area contributed by atoms with Crippen LogP contribution in [0.4, 0.5) is 0 Å². The van der Waals surface area contributed by atoms with E-state index in [1.807, 2.05) is 29.6 Å². The lowest BCUT2D eigenvalue weighted by atomic mass is 10.0. The van der Waals surface area contributed by atoms with E-state index in [0.717, 1.165) is 16.5 Å².